The second-order valence-electron chi connectivity index (χ2n) is 5.72. The third-order valence-corrected chi connectivity index (χ3v) is 4.33. The summed E-state index contributed by atoms with van der Waals surface area (Å²) < 4.78 is 5.35. The molecule has 104 valence electrons. The van der Waals surface area contributed by atoms with Gasteiger partial charge in [-0.1, -0.05) is 23.7 Å². The zero-order valence-corrected chi connectivity index (χ0v) is 11.8. The Morgan fingerprint density at radius 1 is 1.26 bits per heavy atom. The van der Waals surface area contributed by atoms with Gasteiger partial charge in [-0.25, -0.2) is 0 Å². The Bertz CT molecular complexity index is 453. The molecule has 1 aliphatic heterocycles. The summed E-state index contributed by atoms with van der Waals surface area (Å²) in [5.74, 6) is 0. The standard InChI is InChI=1S/C15H20ClNO2/c16-14-9-12(10-15(18)3-4-15)1-2-13(14)11-17-5-7-19-8-6-17/h1-2,9,18H,3-8,10-11H2. The molecule has 0 aromatic heterocycles. The van der Waals surface area contributed by atoms with Crippen LogP contribution in [0, 0.1) is 0 Å². The van der Waals surface area contributed by atoms with E-state index in [0.29, 0.717) is 0 Å². The molecule has 2 aliphatic rings. The van der Waals surface area contributed by atoms with Gasteiger partial charge in [0.25, 0.3) is 0 Å². The van der Waals surface area contributed by atoms with Gasteiger partial charge in [0, 0.05) is 31.1 Å². The van der Waals surface area contributed by atoms with Crippen LogP contribution in [0.2, 0.25) is 5.02 Å². The highest BCUT2D eigenvalue weighted by atomic mass is 35.5. The number of hydrogen-bond donors (Lipinski definition) is 1. The van der Waals surface area contributed by atoms with E-state index in [0.717, 1.165) is 68.3 Å². The van der Waals surface area contributed by atoms with E-state index in [1.807, 2.05) is 6.07 Å². The maximum absolute atomic E-state index is 9.94. The lowest BCUT2D eigenvalue weighted by atomic mass is 10.0. The fourth-order valence-corrected chi connectivity index (χ4v) is 2.79. The molecule has 0 amide bonds. The minimum Gasteiger partial charge on any atom is -0.390 e. The van der Waals surface area contributed by atoms with Crippen LogP contribution in [0.3, 0.4) is 0 Å². The molecule has 0 spiro atoms. The smallest absolute Gasteiger partial charge is 0.0690 e. The van der Waals surface area contributed by atoms with E-state index in [9.17, 15) is 5.11 Å². The van der Waals surface area contributed by atoms with Crippen LogP contribution in [-0.4, -0.2) is 41.9 Å². The zero-order chi connectivity index (χ0) is 13.3. The van der Waals surface area contributed by atoms with Crippen LogP contribution < -0.4 is 0 Å². The Hall–Kier alpha value is -0.610. The predicted molar refractivity (Wildman–Crippen MR) is 75.4 cm³/mol. The minimum atomic E-state index is -0.449. The van der Waals surface area contributed by atoms with Crippen molar-refractivity contribution in [2.45, 2.75) is 31.4 Å². The summed E-state index contributed by atoms with van der Waals surface area (Å²) in [6.07, 6.45) is 2.56. The molecule has 3 rings (SSSR count). The summed E-state index contributed by atoms with van der Waals surface area (Å²) in [5, 5.41) is 10.8. The average molecular weight is 282 g/mol. The van der Waals surface area contributed by atoms with Gasteiger partial charge in [-0.3, -0.25) is 4.90 Å². The van der Waals surface area contributed by atoms with Crippen LogP contribution in [-0.2, 0) is 17.7 Å². The van der Waals surface area contributed by atoms with E-state index in [-0.39, 0.29) is 0 Å². The van der Waals surface area contributed by atoms with Crippen LogP contribution in [0.1, 0.15) is 24.0 Å². The van der Waals surface area contributed by atoms with E-state index >= 15 is 0 Å². The third-order valence-electron chi connectivity index (χ3n) is 3.98. The summed E-state index contributed by atoms with van der Waals surface area (Å²) in [5.41, 5.74) is 1.85. The van der Waals surface area contributed by atoms with Crippen LogP contribution >= 0.6 is 11.6 Å². The van der Waals surface area contributed by atoms with Gasteiger partial charge in [0.05, 0.1) is 18.8 Å². The van der Waals surface area contributed by atoms with Gasteiger partial charge in [0.2, 0.25) is 0 Å². The molecule has 0 bridgehead atoms. The molecule has 0 atom stereocenters. The molecule has 1 saturated carbocycles. The van der Waals surface area contributed by atoms with Crippen molar-refractivity contribution in [1.29, 1.82) is 0 Å². The SMILES string of the molecule is OC1(Cc2ccc(CN3CCOCC3)c(Cl)c2)CC1. The summed E-state index contributed by atoms with van der Waals surface area (Å²) in [6.45, 7) is 4.44. The van der Waals surface area contributed by atoms with E-state index < -0.39 is 5.60 Å². The lowest BCUT2D eigenvalue weighted by Gasteiger charge is -2.27. The normalized spacial score (nSPS) is 22.4. The zero-order valence-electron chi connectivity index (χ0n) is 11.1. The first-order chi connectivity index (χ1) is 9.15. The number of aliphatic hydroxyl groups is 1. The molecule has 19 heavy (non-hydrogen) atoms. The highest BCUT2D eigenvalue weighted by Crippen LogP contribution is 2.38. The molecule has 1 aromatic carbocycles. The number of nitrogens with zero attached hydrogens (tertiary/aromatic N) is 1. The monoisotopic (exact) mass is 281 g/mol. The van der Waals surface area contributed by atoms with Gasteiger partial charge in [-0.15, -0.1) is 0 Å². The minimum absolute atomic E-state index is 0.449. The summed E-state index contributed by atoms with van der Waals surface area (Å²) in [7, 11) is 0. The van der Waals surface area contributed by atoms with E-state index in [1.54, 1.807) is 0 Å². The lowest BCUT2D eigenvalue weighted by molar-refractivity contribution is 0.0342. The maximum atomic E-state index is 9.94. The largest absolute Gasteiger partial charge is 0.390 e. The molecular weight excluding hydrogens is 262 g/mol. The molecule has 1 aliphatic carbocycles. The average Bonchev–Trinajstić information content (AvgIpc) is 3.12. The Balaban J connectivity index is 1.65. The highest BCUT2D eigenvalue weighted by Gasteiger charge is 2.40. The number of rotatable bonds is 4. The van der Waals surface area contributed by atoms with Crippen LogP contribution in [0.15, 0.2) is 18.2 Å². The topological polar surface area (TPSA) is 32.7 Å². The van der Waals surface area contributed by atoms with Crippen molar-refractivity contribution >= 4 is 11.6 Å². The van der Waals surface area contributed by atoms with Crippen LogP contribution in [0.5, 0.6) is 0 Å². The second kappa shape index (κ2) is 5.41. The van der Waals surface area contributed by atoms with Crippen molar-refractivity contribution < 1.29 is 9.84 Å². The number of morpholine rings is 1. The lowest BCUT2D eigenvalue weighted by Crippen LogP contribution is -2.35. The Morgan fingerprint density at radius 3 is 2.63 bits per heavy atom. The molecule has 3 nitrogen and oxygen atoms in total. The molecule has 1 aromatic rings. The van der Waals surface area contributed by atoms with E-state index in [1.165, 1.54) is 0 Å². The second-order valence-corrected chi connectivity index (χ2v) is 6.12. The van der Waals surface area contributed by atoms with Gasteiger partial charge >= 0.3 is 0 Å². The Kier molecular flexibility index (Phi) is 3.81. The van der Waals surface area contributed by atoms with Crippen LogP contribution in [0.4, 0.5) is 0 Å². The van der Waals surface area contributed by atoms with Gasteiger partial charge in [0.15, 0.2) is 0 Å². The maximum Gasteiger partial charge on any atom is 0.0690 e. The van der Waals surface area contributed by atoms with Crippen molar-refractivity contribution in [3.05, 3.63) is 34.3 Å². The Labute approximate surface area is 119 Å². The summed E-state index contributed by atoms with van der Waals surface area (Å²) in [6, 6.07) is 6.20. The van der Waals surface area contributed by atoms with Gasteiger partial charge in [-0.05, 0) is 30.0 Å². The van der Waals surface area contributed by atoms with Crippen molar-refractivity contribution in [3.63, 3.8) is 0 Å². The molecule has 1 saturated heterocycles. The van der Waals surface area contributed by atoms with Gasteiger partial charge in [-0.2, -0.15) is 0 Å². The third kappa shape index (κ3) is 3.48. The fraction of sp³-hybridized carbons (Fsp3) is 0.600. The molecule has 2 fully saturated rings. The number of ether oxygens (including phenoxy) is 1. The first-order valence-corrected chi connectivity index (χ1v) is 7.32. The van der Waals surface area contributed by atoms with Gasteiger partial charge < -0.3 is 9.84 Å². The Morgan fingerprint density at radius 2 is 2.00 bits per heavy atom. The molecule has 1 heterocycles. The van der Waals surface area contributed by atoms with Crippen molar-refractivity contribution in [2.75, 3.05) is 26.3 Å². The number of benzene rings is 1. The predicted octanol–water partition coefficient (Wildman–Crippen LogP) is 2.24. The summed E-state index contributed by atoms with van der Waals surface area (Å²) in [4.78, 5) is 2.36. The van der Waals surface area contributed by atoms with E-state index in [4.69, 9.17) is 16.3 Å². The highest BCUT2D eigenvalue weighted by molar-refractivity contribution is 6.31. The van der Waals surface area contributed by atoms with Crippen molar-refractivity contribution in [1.82, 2.24) is 4.90 Å². The number of halogens is 1. The van der Waals surface area contributed by atoms with Crippen molar-refractivity contribution in [2.24, 2.45) is 0 Å². The quantitative estimate of drug-likeness (QED) is 0.919. The molecule has 1 N–H and O–H groups in total. The van der Waals surface area contributed by atoms with Crippen molar-refractivity contribution in [3.8, 4) is 0 Å². The van der Waals surface area contributed by atoms with Gasteiger partial charge in [0.1, 0.15) is 0 Å². The fourth-order valence-electron chi connectivity index (χ4n) is 2.53. The number of hydrogen-bond acceptors (Lipinski definition) is 3. The van der Waals surface area contributed by atoms with Crippen LogP contribution in [0.25, 0.3) is 0 Å². The molecular formula is C15H20ClNO2. The first kappa shape index (κ1) is 13.4. The molecule has 0 unspecified atom stereocenters. The molecule has 0 radical (unpaired) electrons. The molecule has 4 heteroatoms. The summed E-state index contributed by atoms with van der Waals surface area (Å²) >= 11 is 6.36. The first-order valence-electron chi connectivity index (χ1n) is 6.94. The van der Waals surface area contributed by atoms with E-state index in [2.05, 4.69) is 17.0 Å².